The van der Waals surface area contributed by atoms with Crippen LogP contribution in [0.15, 0.2) is 24.3 Å². The summed E-state index contributed by atoms with van der Waals surface area (Å²) in [5, 5.41) is 13.9. The quantitative estimate of drug-likeness (QED) is 0.288. The molecule has 1 aromatic carbocycles. The van der Waals surface area contributed by atoms with E-state index in [1.165, 1.54) is 5.32 Å². The topological polar surface area (TPSA) is 83.6 Å². The van der Waals surface area contributed by atoms with Gasteiger partial charge in [0.15, 0.2) is 5.82 Å². The molecule has 0 aliphatic rings. The van der Waals surface area contributed by atoms with E-state index in [4.69, 9.17) is 0 Å². The van der Waals surface area contributed by atoms with Gasteiger partial charge in [0, 0.05) is 12.1 Å². The molecule has 0 aliphatic carbocycles. The Morgan fingerprint density at radius 2 is 1.10 bits per heavy atom. The first kappa shape index (κ1) is 37.6. The first-order valence-electron chi connectivity index (χ1n) is 10.00. The van der Waals surface area contributed by atoms with Crippen LogP contribution in [0, 0.1) is 0 Å². The van der Waals surface area contributed by atoms with Gasteiger partial charge in [-0.1, -0.05) is 17.3 Å². The molecule has 1 heterocycles. The molecule has 0 atom stereocenters. The van der Waals surface area contributed by atoms with Gasteiger partial charge in [0.1, 0.15) is 0 Å². The van der Waals surface area contributed by atoms with Crippen molar-refractivity contribution in [1.82, 2.24) is 20.6 Å². The maximum Gasteiger partial charge on any atom is 1.00 e. The van der Waals surface area contributed by atoms with Crippen LogP contribution in [0.2, 0.25) is 0 Å². The number of rotatable bonds is 11. The zero-order valence-corrected chi connectivity index (χ0v) is 21.9. The average molecular weight is 658 g/mol. The van der Waals surface area contributed by atoms with Gasteiger partial charge in [-0.3, -0.25) is 4.79 Å². The first-order chi connectivity index (χ1) is 18.2. The molecular formula is C18H10F17N5NaO+. The van der Waals surface area contributed by atoms with Crippen LogP contribution in [0.4, 0.5) is 80.3 Å². The van der Waals surface area contributed by atoms with E-state index in [0.717, 1.165) is 24.3 Å². The number of amides is 1. The number of carbonyl (C=O) groups excluding carboxylic acids is 1. The second-order valence-electron chi connectivity index (χ2n) is 8.08. The molecule has 0 unspecified atom stereocenters. The van der Waals surface area contributed by atoms with Crippen LogP contribution in [-0.2, 0) is 11.2 Å². The van der Waals surface area contributed by atoms with E-state index in [2.05, 4.69) is 20.6 Å². The number of carbonyl (C=O) groups is 1. The van der Waals surface area contributed by atoms with Crippen LogP contribution in [-0.4, -0.2) is 74.2 Å². The molecule has 0 saturated carbocycles. The summed E-state index contributed by atoms with van der Waals surface area (Å²) in [5.74, 6) is -59.7. The Morgan fingerprint density at radius 3 is 1.50 bits per heavy atom. The summed E-state index contributed by atoms with van der Waals surface area (Å²) in [6, 6.07) is 4.09. The number of hydrogen-bond donors (Lipinski definition) is 2. The minimum atomic E-state index is -8.73. The summed E-state index contributed by atoms with van der Waals surface area (Å²) in [6.45, 7) is 0. The molecule has 2 aromatic rings. The third-order valence-electron chi connectivity index (χ3n) is 5.16. The van der Waals surface area contributed by atoms with Crippen molar-refractivity contribution in [2.45, 2.75) is 60.5 Å². The normalized spacial score (nSPS) is 14.4. The number of alkyl halides is 17. The van der Waals surface area contributed by atoms with E-state index in [9.17, 15) is 79.4 Å². The summed E-state index contributed by atoms with van der Waals surface area (Å²) < 4.78 is 226. The number of aromatic amines is 1. The second kappa shape index (κ2) is 11.6. The van der Waals surface area contributed by atoms with Crippen LogP contribution in [0.5, 0.6) is 0 Å². The van der Waals surface area contributed by atoms with E-state index < -0.39 is 65.6 Å². The van der Waals surface area contributed by atoms with E-state index >= 15 is 0 Å². The molecule has 24 heteroatoms. The molecule has 2 rings (SSSR count). The maximum atomic E-state index is 14.0. The van der Waals surface area contributed by atoms with Crippen molar-refractivity contribution in [3.8, 4) is 0 Å². The molecule has 1 amide bonds. The number of halogens is 17. The molecule has 232 valence electrons. The van der Waals surface area contributed by atoms with Gasteiger partial charge in [-0.05, 0) is 17.7 Å². The Morgan fingerprint density at radius 1 is 0.667 bits per heavy atom. The van der Waals surface area contributed by atoms with Gasteiger partial charge >= 0.3 is 77.2 Å². The van der Waals surface area contributed by atoms with E-state index in [1.54, 1.807) is 0 Å². The molecule has 0 aliphatic heterocycles. The largest absolute Gasteiger partial charge is 1.00 e. The minimum absolute atomic E-state index is 0. The number of nitrogens with one attached hydrogen (secondary N) is 2. The molecule has 6 nitrogen and oxygen atoms in total. The summed E-state index contributed by atoms with van der Waals surface area (Å²) in [6.07, 6.45) is -11.1. The van der Waals surface area contributed by atoms with Crippen molar-refractivity contribution < 1.29 is 109 Å². The smallest absolute Gasteiger partial charge is 0.326 e. The number of tetrazole rings is 1. The monoisotopic (exact) mass is 658 g/mol. The fourth-order valence-electron chi connectivity index (χ4n) is 2.86. The number of hydrogen-bond acceptors (Lipinski definition) is 4. The van der Waals surface area contributed by atoms with E-state index in [0.29, 0.717) is 5.56 Å². The molecule has 0 radical (unpaired) electrons. The summed E-state index contributed by atoms with van der Waals surface area (Å²) in [5.41, 5.74) is -0.166. The zero-order chi connectivity index (χ0) is 32.1. The van der Waals surface area contributed by atoms with Crippen molar-refractivity contribution in [2.24, 2.45) is 0 Å². The van der Waals surface area contributed by atoms with Crippen molar-refractivity contribution in [3.05, 3.63) is 35.7 Å². The molecule has 0 saturated heterocycles. The molecule has 42 heavy (non-hydrogen) atoms. The Labute approximate surface area is 242 Å². The predicted octanol–water partition coefficient (Wildman–Crippen LogP) is 3.13. The number of nitrogens with zero attached hydrogens (tertiary/aromatic N) is 3. The summed E-state index contributed by atoms with van der Waals surface area (Å²) >= 11 is 0. The van der Waals surface area contributed by atoms with Crippen LogP contribution in [0.25, 0.3) is 0 Å². The molecule has 1 aromatic heterocycles. The Hall–Kier alpha value is -2.43. The van der Waals surface area contributed by atoms with Crippen molar-refractivity contribution >= 4 is 11.6 Å². The van der Waals surface area contributed by atoms with Crippen LogP contribution in [0.1, 0.15) is 17.8 Å². The fraction of sp³-hybridized carbons (Fsp3) is 0.556. The molecule has 2 N–H and O–H groups in total. The third kappa shape index (κ3) is 6.13. The number of H-pyrrole nitrogens is 1. The molecular weight excluding hydrogens is 648 g/mol. The van der Waals surface area contributed by atoms with Gasteiger partial charge in [0.2, 0.25) is 5.91 Å². The minimum Gasteiger partial charge on any atom is -0.326 e. The second-order valence-corrected chi connectivity index (χ2v) is 8.08. The molecule has 0 bridgehead atoms. The van der Waals surface area contributed by atoms with E-state index in [1.807, 2.05) is 0 Å². The number of aromatic nitrogens is 4. The molecule has 0 fully saturated rings. The van der Waals surface area contributed by atoms with Crippen LogP contribution in [0.3, 0.4) is 0 Å². The summed E-state index contributed by atoms with van der Waals surface area (Å²) in [4.78, 5) is 11.7. The Bertz CT molecular complexity index is 1220. The summed E-state index contributed by atoms with van der Waals surface area (Å²) in [7, 11) is 0. The zero-order valence-electron chi connectivity index (χ0n) is 19.9. The Kier molecular flexibility index (Phi) is 10.4. The van der Waals surface area contributed by atoms with Gasteiger partial charge in [-0.15, -0.1) is 10.2 Å². The fourth-order valence-corrected chi connectivity index (χ4v) is 2.86. The standard InChI is InChI=1S/C18H10F17N5O.Na/c19-11(20,6-10(41)36-8-3-1-7(2-4-8)5-9-37-39-40-38-9)12(21,22)13(23,24)14(25,26)15(27,28)16(29,30)17(31,32)18(33,34)35;/h1-4H,5-6H2,(H,36,41)(H,37,38,39,40);/q;+1. The first-order valence-corrected chi connectivity index (χ1v) is 10.00. The van der Waals surface area contributed by atoms with Crippen molar-refractivity contribution in [3.63, 3.8) is 0 Å². The van der Waals surface area contributed by atoms with Gasteiger partial charge in [0.25, 0.3) is 0 Å². The van der Waals surface area contributed by atoms with Crippen LogP contribution < -0.4 is 34.9 Å². The maximum absolute atomic E-state index is 14.0. The van der Waals surface area contributed by atoms with Gasteiger partial charge < -0.3 is 5.32 Å². The van der Waals surface area contributed by atoms with Crippen molar-refractivity contribution in [2.75, 3.05) is 5.32 Å². The van der Waals surface area contributed by atoms with Gasteiger partial charge in [0.05, 0.1) is 6.42 Å². The average Bonchev–Trinajstić information content (AvgIpc) is 3.31. The SMILES string of the molecule is O=C(CC(F)(F)C(F)(F)C(F)(F)C(F)(F)C(F)(F)C(F)(F)C(F)(F)C(F)(F)F)Nc1ccc(Cc2nn[nH]n2)cc1.[Na+]. The van der Waals surface area contributed by atoms with Crippen LogP contribution >= 0.6 is 0 Å². The van der Waals surface area contributed by atoms with E-state index in [-0.39, 0.29) is 41.8 Å². The van der Waals surface area contributed by atoms with Gasteiger partial charge in [-0.25, -0.2) is 0 Å². The van der Waals surface area contributed by atoms with Gasteiger partial charge in [-0.2, -0.15) is 79.9 Å². The molecule has 0 spiro atoms. The number of benzene rings is 1. The predicted molar refractivity (Wildman–Crippen MR) is 97.4 cm³/mol. The Balaban J connectivity index is 0.00000882. The number of anilines is 1. The third-order valence-corrected chi connectivity index (χ3v) is 5.16. The van der Waals surface area contributed by atoms with Crippen molar-refractivity contribution in [1.29, 1.82) is 0 Å².